The predicted octanol–water partition coefficient (Wildman–Crippen LogP) is 1.70. The molecule has 11 heteroatoms. The van der Waals surface area contributed by atoms with Crippen LogP contribution in [0.4, 0.5) is 0 Å². The van der Waals surface area contributed by atoms with Crippen LogP contribution in [-0.4, -0.2) is 49.6 Å². The third-order valence-corrected chi connectivity index (χ3v) is 6.47. The zero-order chi connectivity index (χ0) is 24.8. The van der Waals surface area contributed by atoms with Gasteiger partial charge in [-0.1, -0.05) is 17.3 Å². The summed E-state index contributed by atoms with van der Waals surface area (Å²) < 4.78 is 6.76. The lowest BCUT2D eigenvalue weighted by atomic mass is 10.0. The number of carbonyl (C=O) groups is 4. The van der Waals surface area contributed by atoms with Crippen LogP contribution in [0.1, 0.15) is 44.8 Å². The summed E-state index contributed by atoms with van der Waals surface area (Å²) in [4.78, 5) is 50.8. The Hall–Kier alpha value is -4.80. The second-order valence-corrected chi connectivity index (χ2v) is 8.77. The number of rotatable bonds is 5. The fraction of sp³-hybridized carbons (Fsp3) is 0.200. The zero-order valence-corrected chi connectivity index (χ0v) is 18.9. The Bertz CT molecular complexity index is 1550. The van der Waals surface area contributed by atoms with Gasteiger partial charge in [0.05, 0.1) is 18.1 Å². The summed E-state index contributed by atoms with van der Waals surface area (Å²) in [5.74, 6) is -1.44. The van der Waals surface area contributed by atoms with E-state index in [1.54, 1.807) is 24.5 Å². The molecule has 0 aliphatic carbocycles. The third kappa shape index (κ3) is 3.80. The number of furan rings is 1. The molecule has 36 heavy (non-hydrogen) atoms. The molecule has 4 aromatic rings. The van der Waals surface area contributed by atoms with E-state index >= 15 is 0 Å². The van der Waals surface area contributed by atoms with Crippen molar-refractivity contribution in [2.75, 3.05) is 0 Å². The van der Waals surface area contributed by atoms with Crippen molar-refractivity contribution in [2.45, 2.75) is 32.0 Å². The predicted molar refractivity (Wildman–Crippen MR) is 125 cm³/mol. The molecule has 0 radical (unpaired) electrons. The van der Waals surface area contributed by atoms with Crippen LogP contribution in [0.25, 0.3) is 16.7 Å². The molecule has 1 fully saturated rings. The maximum absolute atomic E-state index is 13.1. The van der Waals surface area contributed by atoms with E-state index in [9.17, 15) is 19.2 Å². The molecule has 1 saturated heterocycles. The first kappa shape index (κ1) is 21.7. The highest BCUT2D eigenvalue weighted by Crippen LogP contribution is 2.29. The van der Waals surface area contributed by atoms with Gasteiger partial charge >= 0.3 is 0 Å². The number of imide groups is 1. The minimum absolute atomic E-state index is 0.136. The fourth-order valence-electron chi connectivity index (χ4n) is 4.58. The van der Waals surface area contributed by atoms with Crippen LogP contribution < -0.4 is 10.6 Å². The first-order valence-corrected chi connectivity index (χ1v) is 11.4. The van der Waals surface area contributed by atoms with Gasteiger partial charge in [0.25, 0.3) is 11.8 Å². The number of aromatic nitrogens is 3. The average molecular weight is 484 g/mol. The Balaban J connectivity index is 1.15. The summed E-state index contributed by atoms with van der Waals surface area (Å²) in [7, 11) is 0. The van der Waals surface area contributed by atoms with E-state index in [2.05, 4.69) is 20.9 Å². The van der Waals surface area contributed by atoms with Gasteiger partial charge in [-0.05, 0) is 47.9 Å². The number of piperidine rings is 1. The quantitative estimate of drug-likeness (QED) is 0.411. The molecule has 180 valence electrons. The van der Waals surface area contributed by atoms with Gasteiger partial charge in [-0.25, -0.2) is 4.68 Å². The Morgan fingerprint density at radius 3 is 2.89 bits per heavy atom. The Morgan fingerprint density at radius 2 is 2.03 bits per heavy atom. The lowest BCUT2D eigenvalue weighted by Crippen LogP contribution is -2.52. The summed E-state index contributed by atoms with van der Waals surface area (Å²) in [5.41, 5.74) is 3.62. The summed E-state index contributed by atoms with van der Waals surface area (Å²) in [6.45, 7) is 0.604. The molecule has 11 nitrogen and oxygen atoms in total. The Morgan fingerprint density at radius 1 is 1.14 bits per heavy atom. The number of nitrogens with one attached hydrogen (secondary N) is 2. The van der Waals surface area contributed by atoms with Gasteiger partial charge in [-0.3, -0.25) is 24.5 Å². The van der Waals surface area contributed by atoms with Crippen molar-refractivity contribution in [3.8, 4) is 5.69 Å². The van der Waals surface area contributed by atoms with E-state index in [0.717, 1.165) is 22.1 Å². The van der Waals surface area contributed by atoms with Crippen LogP contribution in [0.5, 0.6) is 0 Å². The minimum atomic E-state index is -0.679. The second-order valence-electron chi connectivity index (χ2n) is 8.77. The average Bonchev–Trinajstić information content (AvgIpc) is 3.61. The van der Waals surface area contributed by atoms with Gasteiger partial charge in [0, 0.05) is 30.5 Å². The number of carbonyl (C=O) groups excluding carboxylic acids is 4. The Labute approximate surface area is 204 Å². The SMILES string of the molecule is O=C1CCC(N2Cc3ccc(-n4cc(C(=O)NCc5ccc6occc6c5)nn4)cc3C2=O)C(=O)N1. The van der Waals surface area contributed by atoms with Gasteiger partial charge < -0.3 is 14.6 Å². The van der Waals surface area contributed by atoms with E-state index in [1.807, 2.05) is 24.3 Å². The van der Waals surface area contributed by atoms with E-state index in [4.69, 9.17) is 4.42 Å². The fourth-order valence-corrected chi connectivity index (χ4v) is 4.58. The maximum Gasteiger partial charge on any atom is 0.273 e. The lowest BCUT2D eigenvalue weighted by Gasteiger charge is -2.29. The van der Waals surface area contributed by atoms with E-state index < -0.39 is 11.9 Å². The lowest BCUT2D eigenvalue weighted by molar-refractivity contribution is -0.136. The zero-order valence-electron chi connectivity index (χ0n) is 18.9. The summed E-state index contributed by atoms with van der Waals surface area (Å²) in [6.07, 6.45) is 3.61. The molecule has 2 N–H and O–H groups in total. The van der Waals surface area contributed by atoms with Crippen molar-refractivity contribution in [3.63, 3.8) is 0 Å². The van der Waals surface area contributed by atoms with Gasteiger partial charge in [-0.15, -0.1) is 5.10 Å². The highest BCUT2D eigenvalue weighted by atomic mass is 16.3. The molecule has 2 aromatic heterocycles. The number of nitrogens with zero attached hydrogens (tertiary/aromatic N) is 4. The minimum Gasteiger partial charge on any atom is -0.464 e. The second kappa shape index (κ2) is 8.45. The monoisotopic (exact) mass is 484 g/mol. The highest BCUT2D eigenvalue weighted by Gasteiger charge is 2.39. The molecule has 1 unspecified atom stereocenters. The largest absolute Gasteiger partial charge is 0.464 e. The molecular formula is C25H20N6O5. The molecule has 0 spiro atoms. The van der Waals surface area contributed by atoms with E-state index in [1.165, 1.54) is 15.8 Å². The first-order chi connectivity index (χ1) is 17.5. The van der Waals surface area contributed by atoms with Crippen LogP contribution in [0.15, 0.2) is 59.3 Å². The van der Waals surface area contributed by atoms with Gasteiger partial charge in [0.2, 0.25) is 11.8 Å². The van der Waals surface area contributed by atoms with Crippen LogP contribution in [-0.2, 0) is 22.7 Å². The molecule has 4 heterocycles. The van der Waals surface area contributed by atoms with Crippen molar-refractivity contribution in [1.29, 1.82) is 0 Å². The van der Waals surface area contributed by atoms with Crippen molar-refractivity contribution >= 4 is 34.6 Å². The molecule has 6 rings (SSSR count). The third-order valence-electron chi connectivity index (χ3n) is 6.47. The topological polar surface area (TPSA) is 139 Å². The maximum atomic E-state index is 13.1. The summed E-state index contributed by atoms with van der Waals surface area (Å²) in [5, 5.41) is 14.1. The first-order valence-electron chi connectivity index (χ1n) is 11.4. The van der Waals surface area contributed by atoms with Crippen LogP contribution in [0, 0.1) is 0 Å². The molecule has 2 aliphatic heterocycles. The summed E-state index contributed by atoms with van der Waals surface area (Å²) >= 11 is 0. The molecule has 0 bridgehead atoms. The standard InChI is InChI=1S/C25H20N6O5/c32-22-6-4-20(24(34)27-22)30-12-16-2-3-17(10-18(16)25(30)35)31-13-19(28-29-31)23(33)26-11-14-1-5-21-15(9-14)7-8-36-21/h1-3,5,7-10,13,20H,4,6,11-12H2,(H,26,33)(H,27,32,34). The summed E-state index contributed by atoms with van der Waals surface area (Å²) in [6, 6.07) is 12.1. The normalized spacial score (nSPS) is 17.4. The molecule has 2 aromatic carbocycles. The van der Waals surface area contributed by atoms with E-state index in [-0.39, 0.29) is 36.4 Å². The molecular weight excluding hydrogens is 464 g/mol. The van der Waals surface area contributed by atoms with Crippen LogP contribution in [0.2, 0.25) is 0 Å². The van der Waals surface area contributed by atoms with Crippen molar-refractivity contribution in [3.05, 3.63) is 77.3 Å². The molecule has 4 amide bonds. The van der Waals surface area contributed by atoms with E-state index in [0.29, 0.717) is 24.2 Å². The van der Waals surface area contributed by atoms with Gasteiger partial charge in [0.15, 0.2) is 5.69 Å². The van der Waals surface area contributed by atoms with Crippen molar-refractivity contribution in [1.82, 2.24) is 30.5 Å². The number of amides is 4. The molecule has 0 saturated carbocycles. The Kier molecular flexibility index (Phi) is 5.10. The number of hydrogen-bond donors (Lipinski definition) is 2. The number of hydrogen-bond acceptors (Lipinski definition) is 7. The number of benzene rings is 2. The van der Waals surface area contributed by atoms with Crippen molar-refractivity contribution < 1.29 is 23.6 Å². The van der Waals surface area contributed by atoms with Gasteiger partial charge in [-0.2, -0.15) is 0 Å². The molecule has 1 atom stereocenters. The van der Waals surface area contributed by atoms with Gasteiger partial charge in [0.1, 0.15) is 11.6 Å². The molecule has 2 aliphatic rings. The van der Waals surface area contributed by atoms with Crippen LogP contribution in [0.3, 0.4) is 0 Å². The smallest absolute Gasteiger partial charge is 0.273 e. The highest BCUT2D eigenvalue weighted by molar-refractivity contribution is 6.05. The van der Waals surface area contributed by atoms with Crippen LogP contribution >= 0.6 is 0 Å². The number of fused-ring (bicyclic) bond motifs is 2. The van der Waals surface area contributed by atoms with Crippen molar-refractivity contribution in [2.24, 2.45) is 0 Å².